The number of aryl methyl sites for hydroxylation is 1. The molecule has 0 bridgehead atoms. The molecule has 4 N–H and O–H groups in total. The average Bonchev–Trinajstić information content (AvgIpc) is 3.19. The predicted molar refractivity (Wildman–Crippen MR) is 87.6 cm³/mol. The van der Waals surface area contributed by atoms with Gasteiger partial charge in [0, 0.05) is 6.20 Å². The topological polar surface area (TPSA) is 141 Å². The van der Waals surface area contributed by atoms with Gasteiger partial charge in [-0.05, 0) is 18.9 Å². The van der Waals surface area contributed by atoms with Crippen LogP contribution >= 0.6 is 0 Å². The second kappa shape index (κ2) is 7.09. The number of halogens is 1. The molecule has 3 rings (SSSR count). The number of rotatable bonds is 6. The number of aliphatic hydroxyl groups is 2. The van der Waals surface area contributed by atoms with Crippen LogP contribution in [0.4, 0.5) is 10.2 Å². The number of aromatic nitrogens is 5. The van der Waals surface area contributed by atoms with Gasteiger partial charge < -0.3 is 20.7 Å². The fourth-order valence-corrected chi connectivity index (χ4v) is 2.93. The molecule has 0 saturated carbocycles. The van der Waals surface area contributed by atoms with Crippen molar-refractivity contribution in [3.8, 4) is 0 Å². The second-order valence-electron chi connectivity index (χ2n) is 6.20. The fourth-order valence-electron chi connectivity index (χ4n) is 2.93. The number of alkyl halides is 1. The Hall–Kier alpha value is -2.37. The number of hydrogen-bond donors (Lipinski definition) is 3. The lowest BCUT2D eigenvalue weighted by atomic mass is 10.1. The minimum absolute atomic E-state index is 0.0227. The van der Waals surface area contributed by atoms with Crippen LogP contribution in [0.5, 0.6) is 0 Å². The summed E-state index contributed by atoms with van der Waals surface area (Å²) in [6, 6.07) is 1.31. The van der Waals surface area contributed by atoms with Gasteiger partial charge in [-0.1, -0.05) is 18.6 Å². The van der Waals surface area contributed by atoms with E-state index < -0.39 is 36.5 Å². The fraction of sp³-hybridized carbons (Fsp3) is 0.600. The Morgan fingerprint density at radius 1 is 1.50 bits per heavy atom. The van der Waals surface area contributed by atoms with Crippen LogP contribution in [0.15, 0.2) is 23.3 Å². The van der Waals surface area contributed by atoms with Gasteiger partial charge in [0.05, 0.1) is 18.5 Å². The number of nitrogens with two attached hydrogens (primary N) is 1. The molecule has 2 aromatic heterocycles. The van der Waals surface area contributed by atoms with Gasteiger partial charge in [0.2, 0.25) is 5.72 Å². The Morgan fingerprint density at radius 3 is 2.92 bits per heavy atom. The van der Waals surface area contributed by atoms with Crippen molar-refractivity contribution in [2.45, 2.75) is 50.4 Å². The maximum absolute atomic E-state index is 14.8. The van der Waals surface area contributed by atoms with Crippen LogP contribution in [-0.2, 0) is 16.9 Å². The largest absolute Gasteiger partial charge is 0.391 e. The summed E-state index contributed by atoms with van der Waals surface area (Å²) < 4.78 is 22.3. The second-order valence-corrected chi connectivity index (χ2v) is 6.20. The summed E-state index contributed by atoms with van der Waals surface area (Å²) in [7, 11) is 0. The summed E-state index contributed by atoms with van der Waals surface area (Å²) in [4.78, 5) is 15.5. The highest BCUT2D eigenvalue weighted by Crippen LogP contribution is 2.41. The van der Waals surface area contributed by atoms with Crippen LogP contribution < -0.4 is 11.4 Å². The van der Waals surface area contributed by atoms with Gasteiger partial charge in [-0.15, -0.1) is 5.10 Å². The van der Waals surface area contributed by atoms with Gasteiger partial charge >= 0.3 is 5.69 Å². The number of hydrogen-bond acceptors (Lipinski definition) is 8. The van der Waals surface area contributed by atoms with Crippen molar-refractivity contribution in [1.29, 1.82) is 0 Å². The van der Waals surface area contributed by atoms with Crippen LogP contribution in [0.25, 0.3) is 0 Å². The normalized spacial score (nSPS) is 28.5. The monoisotopic (exact) mass is 368 g/mol. The molecule has 1 saturated heterocycles. The molecule has 11 heteroatoms. The SMILES string of the molecule is CCCCc1cn([C@]2(CO)O[C@@H](n3ccc(N)nc3=O)[C@@H](F)[C@@H]2O)nn1. The number of ether oxygens (including phenoxy) is 1. The summed E-state index contributed by atoms with van der Waals surface area (Å²) in [5, 5.41) is 28.1. The number of anilines is 1. The first-order valence-electron chi connectivity index (χ1n) is 8.30. The van der Waals surface area contributed by atoms with Crippen molar-refractivity contribution in [2.24, 2.45) is 0 Å². The molecule has 1 aliphatic heterocycles. The van der Waals surface area contributed by atoms with E-state index in [1.54, 1.807) is 0 Å². The van der Waals surface area contributed by atoms with E-state index in [1.807, 2.05) is 6.92 Å². The molecule has 4 atom stereocenters. The summed E-state index contributed by atoms with van der Waals surface area (Å²) in [6.07, 6.45) is -0.0758. The molecule has 1 fully saturated rings. The summed E-state index contributed by atoms with van der Waals surface area (Å²) in [5.74, 6) is -0.0227. The van der Waals surface area contributed by atoms with Crippen LogP contribution in [0, 0.1) is 0 Å². The minimum atomic E-state index is -2.01. The van der Waals surface area contributed by atoms with Crippen molar-refractivity contribution in [3.05, 3.63) is 34.6 Å². The zero-order valence-electron chi connectivity index (χ0n) is 14.2. The van der Waals surface area contributed by atoms with Gasteiger partial charge in [0.15, 0.2) is 12.4 Å². The molecule has 3 heterocycles. The Kier molecular flexibility index (Phi) is 5.03. The van der Waals surface area contributed by atoms with Crippen molar-refractivity contribution in [2.75, 3.05) is 12.3 Å². The van der Waals surface area contributed by atoms with Crippen molar-refractivity contribution in [1.82, 2.24) is 24.5 Å². The van der Waals surface area contributed by atoms with Crippen molar-refractivity contribution >= 4 is 5.82 Å². The maximum Gasteiger partial charge on any atom is 0.351 e. The molecule has 1 aliphatic rings. The summed E-state index contributed by atoms with van der Waals surface area (Å²) in [6.45, 7) is 1.26. The maximum atomic E-state index is 14.8. The minimum Gasteiger partial charge on any atom is -0.391 e. The molecular formula is C15H21FN6O4. The molecule has 0 spiro atoms. The number of nitrogens with zero attached hydrogens (tertiary/aromatic N) is 5. The van der Waals surface area contributed by atoms with Gasteiger partial charge in [-0.2, -0.15) is 4.98 Å². The van der Waals surface area contributed by atoms with E-state index in [1.165, 1.54) is 18.5 Å². The van der Waals surface area contributed by atoms with E-state index in [0.29, 0.717) is 12.1 Å². The third kappa shape index (κ3) is 2.97. The standard InChI is InChI=1S/C15H21FN6O4/c1-2-3-4-9-7-22(20-19-9)15(8-23)12(24)11(16)13(26-15)21-6-5-10(17)18-14(21)25/h5-7,11-13,23-24H,2-4,8H2,1H3,(H2,17,18,25)/t11-,12-,13+,15+/m0/s1. The first-order chi connectivity index (χ1) is 12.4. The Labute approximate surface area is 148 Å². The van der Waals surface area contributed by atoms with Crippen LogP contribution in [0.1, 0.15) is 31.7 Å². The highest BCUT2D eigenvalue weighted by atomic mass is 19.1. The van der Waals surface area contributed by atoms with E-state index in [0.717, 1.165) is 22.1 Å². The Bertz CT molecular complexity index is 826. The smallest absolute Gasteiger partial charge is 0.351 e. The summed E-state index contributed by atoms with van der Waals surface area (Å²) in [5.41, 5.74) is 3.32. The van der Waals surface area contributed by atoms with Gasteiger partial charge in [-0.3, -0.25) is 4.57 Å². The van der Waals surface area contributed by atoms with Crippen molar-refractivity contribution in [3.63, 3.8) is 0 Å². The van der Waals surface area contributed by atoms with E-state index >= 15 is 0 Å². The Balaban J connectivity index is 1.95. The molecule has 0 amide bonds. The molecule has 2 aromatic rings. The number of unbranched alkanes of at least 4 members (excludes halogenated alkanes) is 1. The number of aliphatic hydroxyl groups excluding tert-OH is 2. The molecule has 0 aliphatic carbocycles. The molecule has 142 valence electrons. The van der Waals surface area contributed by atoms with E-state index in [2.05, 4.69) is 15.3 Å². The molecule has 0 radical (unpaired) electrons. The lowest BCUT2D eigenvalue weighted by molar-refractivity contribution is -0.187. The van der Waals surface area contributed by atoms with Crippen LogP contribution in [-0.4, -0.2) is 53.6 Å². The quantitative estimate of drug-likeness (QED) is 0.610. The third-order valence-corrected chi connectivity index (χ3v) is 4.43. The average molecular weight is 368 g/mol. The first-order valence-corrected chi connectivity index (χ1v) is 8.30. The first kappa shape index (κ1) is 18.4. The Morgan fingerprint density at radius 2 is 2.27 bits per heavy atom. The van der Waals surface area contributed by atoms with E-state index in [4.69, 9.17) is 10.5 Å². The molecule has 0 unspecified atom stereocenters. The zero-order chi connectivity index (χ0) is 18.9. The zero-order valence-corrected chi connectivity index (χ0v) is 14.2. The van der Waals surface area contributed by atoms with Gasteiger partial charge in [0.25, 0.3) is 0 Å². The summed E-state index contributed by atoms with van der Waals surface area (Å²) >= 11 is 0. The van der Waals surface area contributed by atoms with Crippen molar-refractivity contribution < 1.29 is 19.3 Å². The van der Waals surface area contributed by atoms with E-state index in [9.17, 15) is 19.4 Å². The predicted octanol–water partition coefficient (Wildman–Crippen LogP) is -0.667. The number of nitrogen functional groups attached to an aromatic ring is 1. The van der Waals surface area contributed by atoms with Crippen LogP contribution in [0.3, 0.4) is 0 Å². The third-order valence-electron chi connectivity index (χ3n) is 4.43. The highest BCUT2D eigenvalue weighted by Gasteiger charge is 2.58. The molecule has 0 aromatic carbocycles. The van der Waals surface area contributed by atoms with Crippen LogP contribution in [0.2, 0.25) is 0 Å². The van der Waals surface area contributed by atoms with E-state index in [-0.39, 0.29) is 5.82 Å². The molecular weight excluding hydrogens is 347 g/mol. The lowest BCUT2D eigenvalue weighted by Crippen LogP contribution is -2.48. The lowest BCUT2D eigenvalue weighted by Gasteiger charge is -2.29. The highest BCUT2D eigenvalue weighted by molar-refractivity contribution is 5.23. The molecule has 10 nitrogen and oxygen atoms in total. The van der Waals surface area contributed by atoms with Gasteiger partial charge in [0.1, 0.15) is 11.9 Å². The molecule has 26 heavy (non-hydrogen) atoms. The van der Waals surface area contributed by atoms with Gasteiger partial charge in [-0.25, -0.2) is 13.9 Å².